The summed E-state index contributed by atoms with van der Waals surface area (Å²) in [6.07, 6.45) is 3.33. The Balaban J connectivity index is 1.87. The predicted octanol–water partition coefficient (Wildman–Crippen LogP) is 2.39. The van der Waals surface area contributed by atoms with Crippen LogP contribution in [0, 0.1) is 0 Å². The van der Waals surface area contributed by atoms with E-state index < -0.39 is 16.0 Å². The van der Waals surface area contributed by atoms with E-state index >= 15 is 0 Å². The van der Waals surface area contributed by atoms with Crippen molar-refractivity contribution in [2.45, 2.75) is 18.7 Å². The molecule has 7 nitrogen and oxygen atoms in total. The van der Waals surface area contributed by atoms with Gasteiger partial charge in [-0.1, -0.05) is 13.8 Å². The van der Waals surface area contributed by atoms with Crippen molar-refractivity contribution in [1.29, 1.82) is 0 Å². The van der Waals surface area contributed by atoms with Gasteiger partial charge in [-0.2, -0.15) is 4.31 Å². The number of esters is 1. The maximum atomic E-state index is 12.5. The summed E-state index contributed by atoms with van der Waals surface area (Å²) in [4.78, 5) is 19.3. The largest absolute Gasteiger partial charge is 0.402 e. The highest BCUT2D eigenvalue weighted by atomic mass is 32.2. The van der Waals surface area contributed by atoms with E-state index in [1.54, 1.807) is 44.3 Å². The third kappa shape index (κ3) is 3.47. The van der Waals surface area contributed by atoms with Crippen LogP contribution in [0.25, 0.3) is 6.08 Å². The number of carbonyl (C=O) groups excluding carboxylic acids is 1. The fraction of sp³-hybridized carbons (Fsp3) is 0.222. The Hall–Kier alpha value is -2.71. The van der Waals surface area contributed by atoms with Crippen LogP contribution in [-0.4, -0.2) is 42.7 Å². The monoisotopic (exact) mass is 373 g/mol. The normalized spacial score (nSPS) is 16.2. The van der Waals surface area contributed by atoms with Gasteiger partial charge in [0.05, 0.1) is 4.90 Å². The number of aliphatic imine (C=N–C) groups is 1. The van der Waals surface area contributed by atoms with E-state index in [2.05, 4.69) is 9.98 Å². The van der Waals surface area contributed by atoms with Gasteiger partial charge >= 0.3 is 5.97 Å². The van der Waals surface area contributed by atoms with Crippen LogP contribution in [0.5, 0.6) is 0 Å². The lowest BCUT2D eigenvalue weighted by atomic mass is 10.2. The first-order chi connectivity index (χ1) is 12.5. The van der Waals surface area contributed by atoms with Gasteiger partial charge in [-0.05, 0) is 42.5 Å². The van der Waals surface area contributed by atoms with Gasteiger partial charge in [-0.3, -0.25) is 0 Å². The summed E-state index contributed by atoms with van der Waals surface area (Å²) in [7, 11) is -3.53. The number of ether oxygens (including phenoxy) is 1. The Morgan fingerprint density at radius 3 is 2.42 bits per heavy atom. The third-order valence-corrected chi connectivity index (χ3v) is 6.04. The number of cyclic esters (lactones) is 1. The van der Waals surface area contributed by atoms with Crippen LogP contribution in [0.15, 0.2) is 58.2 Å². The van der Waals surface area contributed by atoms with Crippen LogP contribution in [0.2, 0.25) is 0 Å². The minimum Gasteiger partial charge on any atom is -0.402 e. The van der Waals surface area contributed by atoms with Crippen LogP contribution in [0.3, 0.4) is 0 Å². The van der Waals surface area contributed by atoms with Gasteiger partial charge in [0.2, 0.25) is 15.9 Å². The number of nitrogens with zero attached hydrogens (tertiary/aromatic N) is 2. The van der Waals surface area contributed by atoms with Crippen LogP contribution in [-0.2, 0) is 19.6 Å². The molecule has 1 aliphatic heterocycles. The van der Waals surface area contributed by atoms with Crippen molar-refractivity contribution in [2.24, 2.45) is 4.99 Å². The van der Waals surface area contributed by atoms with E-state index in [0.717, 1.165) is 5.69 Å². The van der Waals surface area contributed by atoms with Crippen LogP contribution >= 0.6 is 0 Å². The van der Waals surface area contributed by atoms with Gasteiger partial charge in [0.15, 0.2) is 5.70 Å². The summed E-state index contributed by atoms with van der Waals surface area (Å²) in [6.45, 7) is 4.38. The second kappa shape index (κ2) is 7.27. The molecule has 2 heterocycles. The van der Waals surface area contributed by atoms with E-state index in [0.29, 0.717) is 18.7 Å². The number of rotatable bonds is 6. The van der Waals surface area contributed by atoms with E-state index in [-0.39, 0.29) is 16.5 Å². The predicted molar refractivity (Wildman–Crippen MR) is 97.9 cm³/mol. The molecule has 0 fully saturated rings. The Kier molecular flexibility index (Phi) is 5.06. The molecule has 0 unspecified atom stereocenters. The molecule has 0 amide bonds. The fourth-order valence-corrected chi connectivity index (χ4v) is 4.05. The summed E-state index contributed by atoms with van der Waals surface area (Å²) in [5.41, 5.74) is 1.46. The van der Waals surface area contributed by atoms with E-state index in [4.69, 9.17) is 4.74 Å². The van der Waals surface area contributed by atoms with Crippen molar-refractivity contribution in [1.82, 2.24) is 9.29 Å². The molecule has 8 heteroatoms. The second-order valence-electron chi connectivity index (χ2n) is 5.58. The lowest BCUT2D eigenvalue weighted by Gasteiger charge is -2.18. The number of nitrogens with one attached hydrogen (secondary N) is 1. The number of sulfonamides is 1. The first kappa shape index (κ1) is 18.1. The molecular weight excluding hydrogens is 354 g/mol. The highest BCUT2D eigenvalue weighted by molar-refractivity contribution is 7.89. The molecule has 3 rings (SSSR count). The van der Waals surface area contributed by atoms with E-state index in [1.807, 2.05) is 6.07 Å². The van der Waals surface area contributed by atoms with Crippen LogP contribution in [0.4, 0.5) is 0 Å². The maximum Gasteiger partial charge on any atom is 0.363 e. The molecule has 0 saturated heterocycles. The molecule has 1 aromatic carbocycles. The number of H-pyrrole nitrogens is 1. The molecule has 1 N–H and O–H groups in total. The van der Waals surface area contributed by atoms with Gasteiger partial charge in [0.1, 0.15) is 0 Å². The van der Waals surface area contributed by atoms with Gasteiger partial charge in [0.25, 0.3) is 0 Å². The smallest absolute Gasteiger partial charge is 0.363 e. The highest BCUT2D eigenvalue weighted by Gasteiger charge is 2.26. The lowest BCUT2D eigenvalue weighted by Crippen LogP contribution is -2.30. The topological polar surface area (TPSA) is 91.8 Å². The van der Waals surface area contributed by atoms with Crippen molar-refractivity contribution < 1.29 is 17.9 Å². The molecule has 1 aromatic heterocycles. The number of carbonyl (C=O) groups is 1. The molecule has 0 spiro atoms. The highest BCUT2D eigenvalue weighted by Crippen LogP contribution is 2.21. The standard InChI is InChI=1S/C18H19N3O4S/c1-3-21(4-2)26(23,24)15-9-7-13(8-10-15)17-20-16(18(22)25-17)12-14-6-5-11-19-14/h5-12,19H,3-4H2,1-2H3/b16-12-. The van der Waals surface area contributed by atoms with Crippen molar-refractivity contribution in [3.63, 3.8) is 0 Å². The van der Waals surface area contributed by atoms with Gasteiger partial charge < -0.3 is 9.72 Å². The van der Waals surface area contributed by atoms with Crippen LogP contribution < -0.4 is 0 Å². The van der Waals surface area contributed by atoms with Crippen molar-refractivity contribution in [2.75, 3.05) is 13.1 Å². The zero-order valence-corrected chi connectivity index (χ0v) is 15.3. The molecule has 0 atom stereocenters. The third-order valence-electron chi connectivity index (χ3n) is 3.98. The summed E-state index contributed by atoms with van der Waals surface area (Å²) in [5.74, 6) is -0.394. The molecule has 136 valence electrons. The average molecular weight is 373 g/mol. The van der Waals surface area contributed by atoms with Gasteiger partial charge in [0, 0.05) is 30.5 Å². The minimum absolute atomic E-state index is 0.152. The maximum absolute atomic E-state index is 12.5. The van der Waals surface area contributed by atoms with E-state index in [9.17, 15) is 13.2 Å². The Morgan fingerprint density at radius 1 is 1.15 bits per heavy atom. The average Bonchev–Trinajstić information content (AvgIpc) is 3.26. The molecule has 2 aromatic rings. The molecule has 0 saturated carbocycles. The number of aromatic nitrogens is 1. The molecule has 0 radical (unpaired) electrons. The number of hydrogen-bond acceptors (Lipinski definition) is 5. The Labute approximate surface area is 152 Å². The lowest BCUT2D eigenvalue weighted by molar-refractivity contribution is -0.129. The van der Waals surface area contributed by atoms with Crippen molar-refractivity contribution >= 4 is 28.0 Å². The SMILES string of the molecule is CCN(CC)S(=O)(=O)c1ccc(C2=N/C(=C\c3ccc[nH]3)C(=O)O2)cc1. The first-order valence-corrected chi connectivity index (χ1v) is 9.66. The Morgan fingerprint density at radius 2 is 1.85 bits per heavy atom. The summed E-state index contributed by atoms with van der Waals surface area (Å²) >= 11 is 0. The van der Waals surface area contributed by atoms with Crippen molar-refractivity contribution in [3.05, 3.63) is 59.5 Å². The van der Waals surface area contributed by atoms with Crippen molar-refractivity contribution in [3.8, 4) is 0 Å². The zero-order chi connectivity index (χ0) is 18.7. The Bertz CT molecular complexity index is 954. The second-order valence-corrected chi connectivity index (χ2v) is 7.51. The fourth-order valence-electron chi connectivity index (χ4n) is 2.60. The summed E-state index contributed by atoms with van der Waals surface area (Å²) < 4.78 is 31.6. The number of aromatic amines is 1. The zero-order valence-electron chi connectivity index (χ0n) is 14.5. The molecule has 0 bridgehead atoms. The molecular formula is C18H19N3O4S. The van der Waals surface area contributed by atoms with Crippen LogP contribution in [0.1, 0.15) is 25.1 Å². The van der Waals surface area contributed by atoms with Gasteiger partial charge in [-0.25, -0.2) is 18.2 Å². The quantitative estimate of drug-likeness (QED) is 0.622. The minimum atomic E-state index is -3.53. The molecule has 0 aliphatic carbocycles. The number of benzene rings is 1. The number of hydrogen-bond donors (Lipinski definition) is 1. The van der Waals surface area contributed by atoms with Gasteiger partial charge in [-0.15, -0.1) is 0 Å². The molecule has 1 aliphatic rings. The first-order valence-electron chi connectivity index (χ1n) is 8.22. The van der Waals surface area contributed by atoms with E-state index in [1.165, 1.54) is 16.4 Å². The summed E-state index contributed by atoms with van der Waals surface area (Å²) in [5, 5.41) is 0. The summed E-state index contributed by atoms with van der Waals surface area (Å²) in [6, 6.07) is 9.77. The molecule has 26 heavy (non-hydrogen) atoms.